The van der Waals surface area contributed by atoms with Crippen molar-refractivity contribution < 1.29 is 14.6 Å². The predicted octanol–water partition coefficient (Wildman–Crippen LogP) is 3.98. The Hall–Kier alpha value is -0.410. The number of fused-ring (bicyclic) bond motifs is 5. The molecule has 0 spiro atoms. The highest BCUT2D eigenvalue weighted by molar-refractivity contribution is 5.87. The molecule has 3 nitrogen and oxygen atoms in total. The van der Waals surface area contributed by atoms with E-state index in [0.29, 0.717) is 23.0 Å². The molecule has 0 aromatic rings. The molecule has 3 heteroatoms. The van der Waals surface area contributed by atoms with Crippen LogP contribution in [0, 0.1) is 34.5 Å². The van der Waals surface area contributed by atoms with Gasteiger partial charge in [0, 0.05) is 25.6 Å². The van der Waals surface area contributed by atoms with Crippen LogP contribution in [-0.2, 0) is 9.53 Å². The van der Waals surface area contributed by atoms with Crippen molar-refractivity contribution >= 4 is 5.78 Å². The molecule has 136 valence electrons. The Labute approximate surface area is 146 Å². The number of ketones is 1. The van der Waals surface area contributed by atoms with E-state index >= 15 is 0 Å². The molecule has 0 aromatic heterocycles. The number of carbonyl (C=O) groups excluding carboxylic acids is 1. The summed E-state index contributed by atoms with van der Waals surface area (Å²) in [5, 5.41) is 10.2. The third-order valence-corrected chi connectivity index (χ3v) is 8.82. The van der Waals surface area contributed by atoms with Gasteiger partial charge in [-0.25, -0.2) is 0 Å². The zero-order valence-electron chi connectivity index (χ0n) is 15.4. The number of aliphatic hydroxyl groups is 1. The summed E-state index contributed by atoms with van der Waals surface area (Å²) < 4.78 is 5.50. The van der Waals surface area contributed by atoms with Crippen LogP contribution < -0.4 is 0 Å². The molecule has 1 N–H and O–H groups in total. The fraction of sp³-hybridized carbons (Fsp3) is 0.952. The molecule has 0 saturated heterocycles. The van der Waals surface area contributed by atoms with E-state index < -0.39 is 0 Å². The molecular formula is C21H34O3. The van der Waals surface area contributed by atoms with Gasteiger partial charge in [0.05, 0.1) is 6.10 Å². The molecule has 24 heavy (non-hydrogen) atoms. The molecule has 4 fully saturated rings. The molecule has 0 bridgehead atoms. The van der Waals surface area contributed by atoms with E-state index in [0.717, 1.165) is 57.0 Å². The molecule has 4 saturated carbocycles. The Morgan fingerprint density at radius 2 is 1.96 bits per heavy atom. The lowest BCUT2D eigenvalue weighted by Gasteiger charge is -2.61. The summed E-state index contributed by atoms with van der Waals surface area (Å²) in [5.74, 6) is 3.31. The maximum atomic E-state index is 12.5. The van der Waals surface area contributed by atoms with Crippen LogP contribution in [0.2, 0.25) is 0 Å². The number of aliphatic hydroxyl groups excluding tert-OH is 1. The van der Waals surface area contributed by atoms with Gasteiger partial charge in [0.1, 0.15) is 5.78 Å². The Morgan fingerprint density at radius 1 is 1.12 bits per heavy atom. The molecular weight excluding hydrogens is 300 g/mol. The van der Waals surface area contributed by atoms with Gasteiger partial charge >= 0.3 is 0 Å². The van der Waals surface area contributed by atoms with E-state index in [4.69, 9.17) is 4.74 Å². The average molecular weight is 335 g/mol. The van der Waals surface area contributed by atoms with Crippen LogP contribution in [0.15, 0.2) is 0 Å². The minimum absolute atomic E-state index is 0.0232. The van der Waals surface area contributed by atoms with Crippen LogP contribution in [0.3, 0.4) is 0 Å². The molecule has 4 aliphatic carbocycles. The zero-order chi connectivity index (χ0) is 16.9. The monoisotopic (exact) mass is 334 g/mol. The highest BCUT2D eigenvalue weighted by Crippen LogP contribution is 2.66. The Kier molecular flexibility index (Phi) is 4.32. The SMILES string of the molecule is COCC[C@]12CC[C@@H](O)C[C@@H]1CC[C@@H]1[C@@H]2CC[C@]2(C)C(=O)CC[C@@H]12. The summed E-state index contributed by atoms with van der Waals surface area (Å²) in [4.78, 5) is 12.5. The van der Waals surface area contributed by atoms with Gasteiger partial charge in [-0.2, -0.15) is 0 Å². The van der Waals surface area contributed by atoms with E-state index in [1.807, 2.05) is 7.11 Å². The van der Waals surface area contributed by atoms with Gasteiger partial charge in [0.25, 0.3) is 0 Å². The number of methoxy groups -OCH3 is 1. The second-order valence-electron chi connectivity index (χ2n) is 9.47. The molecule has 0 aromatic carbocycles. The molecule has 0 radical (unpaired) electrons. The lowest BCUT2D eigenvalue weighted by atomic mass is 9.44. The van der Waals surface area contributed by atoms with Gasteiger partial charge < -0.3 is 9.84 Å². The van der Waals surface area contributed by atoms with Crippen LogP contribution in [0.4, 0.5) is 0 Å². The fourth-order valence-electron chi connectivity index (χ4n) is 7.59. The summed E-state index contributed by atoms with van der Waals surface area (Å²) in [7, 11) is 1.82. The summed E-state index contributed by atoms with van der Waals surface area (Å²) in [5.41, 5.74) is 0.343. The van der Waals surface area contributed by atoms with Crippen molar-refractivity contribution in [3.63, 3.8) is 0 Å². The van der Waals surface area contributed by atoms with Crippen LogP contribution in [-0.4, -0.2) is 30.7 Å². The first kappa shape index (κ1) is 17.0. The Morgan fingerprint density at radius 3 is 2.75 bits per heavy atom. The fourth-order valence-corrected chi connectivity index (χ4v) is 7.59. The van der Waals surface area contributed by atoms with Crippen molar-refractivity contribution in [2.75, 3.05) is 13.7 Å². The highest BCUT2D eigenvalue weighted by atomic mass is 16.5. The summed E-state index contributed by atoms with van der Waals surface area (Å²) in [6.07, 6.45) is 11.0. The van der Waals surface area contributed by atoms with Gasteiger partial charge in [-0.05, 0) is 86.9 Å². The van der Waals surface area contributed by atoms with Crippen molar-refractivity contribution in [3.05, 3.63) is 0 Å². The standard InChI is InChI=1S/C21H34O3/c1-20-9-8-18-16(17(20)5-6-19(20)23)4-3-14-13-15(22)7-10-21(14,18)11-12-24-2/h14-18,22H,3-13H2,1-2H3/t14-,15+,16-,17-,18-,20-,21+/m0/s1. The van der Waals surface area contributed by atoms with Crippen LogP contribution >= 0.6 is 0 Å². The van der Waals surface area contributed by atoms with Gasteiger partial charge in [-0.3, -0.25) is 4.79 Å². The first-order chi connectivity index (χ1) is 11.5. The van der Waals surface area contributed by atoms with Crippen LogP contribution in [0.5, 0.6) is 0 Å². The van der Waals surface area contributed by atoms with E-state index in [9.17, 15) is 9.90 Å². The third kappa shape index (κ3) is 2.34. The summed E-state index contributed by atoms with van der Waals surface area (Å²) in [6.45, 7) is 3.11. The lowest BCUT2D eigenvalue weighted by Crippen LogP contribution is -2.55. The van der Waals surface area contributed by atoms with Gasteiger partial charge in [0.2, 0.25) is 0 Å². The molecule has 7 atom stereocenters. The first-order valence-electron chi connectivity index (χ1n) is 10.2. The molecule has 0 aliphatic heterocycles. The smallest absolute Gasteiger partial charge is 0.139 e. The number of hydrogen-bond acceptors (Lipinski definition) is 3. The second kappa shape index (κ2) is 6.09. The van der Waals surface area contributed by atoms with Crippen molar-refractivity contribution in [3.8, 4) is 0 Å². The molecule has 0 amide bonds. The number of hydrogen-bond donors (Lipinski definition) is 1. The minimum Gasteiger partial charge on any atom is -0.393 e. The number of rotatable bonds is 3. The van der Waals surface area contributed by atoms with Gasteiger partial charge in [0.15, 0.2) is 0 Å². The molecule has 0 heterocycles. The lowest BCUT2D eigenvalue weighted by molar-refractivity contribution is -0.150. The average Bonchev–Trinajstić information content (AvgIpc) is 2.88. The zero-order valence-corrected chi connectivity index (χ0v) is 15.4. The second-order valence-corrected chi connectivity index (χ2v) is 9.47. The van der Waals surface area contributed by atoms with E-state index in [1.165, 1.54) is 25.7 Å². The molecule has 4 aliphatic rings. The van der Waals surface area contributed by atoms with E-state index in [1.54, 1.807) is 0 Å². The predicted molar refractivity (Wildman–Crippen MR) is 93.6 cm³/mol. The van der Waals surface area contributed by atoms with Gasteiger partial charge in [-0.15, -0.1) is 0 Å². The number of Topliss-reactive ketones (excluding diaryl/α,β-unsaturated/α-hetero) is 1. The van der Waals surface area contributed by atoms with Crippen LogP contribution in [0.25, 0.3) is 0 Å². The molecule has 4 rings (SSSR count). The van der Waals surface area contributed by atoms with Crippen molar-refractivity contribution in [1.82, 2.24) is 0 Å². The van der Waals surface area contributed by atoms with Crippen LogP contribution in [0.1, 0.15) is 71.1 Å². The number of carbonyl (C=O) groups is 1. The van der Waals surface area contributed by atoms with Crippen molar-refractivity contribution in [2.45, 2.75) is 77.2 Å². The van der Waals surface area contributed by atoms with Gasteiger partial charge in [-0.1, -0.05) is 6.92 Å². The largest absolute Gasteiger partial charge is 0.393 e. The highest BCUT2D eigenvalue weighted by Gasteiger charge is 2.61. The minimum atomic E-state index is -0.0934. The Bertz CT molecular complexity index is 499. The maximum Gasteiger partial charge on any atom is 0.139 e. The quantitative estimate of drug-likeness (QED) is 0.849. The topological polar surface area (TPSA) is 46.5 Å². The van der Waals surface area contributed by atoms with Crippen molar-refractivity contribution in [2.24, 2.45) is 34.5 Å². The maximum absolute atomic E-state index is 12.5. The summed E-state index contributed by atoms with van der Waals surface area (Å²) >= 11 is 0. The third-order valence-electron chi connectivity index (χ3n) is 8.82. The van der Waals surface area contributed by atoms with Crippen molar-refractivity contribution in [1.29, 1.82) is 0 Å². The van der Waals surface area contributed by atoms with E-state index in [-0.39, 0.29) is 11.5 Å². The summed E-state index contributed by atoms with van der Waals surface area (Å²) in [6, 6.07) is 0. The Balaban J connectivity index is 1.65. The first-order valence-corrected chi connectivity index (χ1v) is 10.2. The van der Waals surface area contributed by atoms with E-state index in [2.05, 4.69) is 6.92 Å². The number of ether oxygens (including phenoxy) is 1. The normalized spacial score (nSPS) is 51.0. The molecule has 0 unspecified atom stereocenters.